The van der Waals surface area contributed by atoms with Crippen LogP contribution < -0.4 is 10.1 Å². The van der Waals surface area contributed by atoms with E-state index in [0.717, 1.165) is 24.5 Å². The first-order chi connectivity index (χ1) is 8.83. The van der Waals surface area contributed by atoms with Gasteiger partial charge in [-0.2, -0.15) is 0 Å². The summed E-state index contributed by atoms with van der Waals surface area (Å²) in [5.74, 6) is 0.895. The molecule has 96 valence electrons. The van der Waals surface area contributed by atoms with Crippen LogP contribution in [0.25, 0.3) is 0 Å². The fourth-order valence-corrected chi connectivity index (χ4v) is 1.84. The van der Waals surface area contributed by atoms with Gasteiger partial charge in [0.25, 0.3) is 0 Å². The summed E-state index contributed by atoms with van der Waals surface area (Å²) in [4.78, 5) is 4.15. The Kier molecular flexibility index (Phi) is 4.23. The molecule has 0 aliphatic rings. The smallest absolute Gasteiger partial charge is 0.121 e. The lowest BCUT2D eigenvalue weighted by Gasteiger charge is -2.10. The number of hydrogen-bond acceptors (Lipinski definition) is 3. The monoisotopic (exact) mass is 245 g/mol. The lowest BCUT2D eigenvalue weighted by Crippen LogP contribution is -2.06. The van der Waals surface area contributed by atoms with E-state index in [1.54, 1.807) is 0 Å². The molecular weight excluding hydrogens is 226 g/mol. The first kappa shape index (κ1) is 12.5. The van der Waals surface area contributed by atoms with Crippen molar-refractivity contribution in [2.45, 2.75) is 26.9 Å². The Morgan fingerprint density at radius 1 is 1.33 bits per heavy atom. The fraction of sp³-hybridized carbons (Fsp3) is 0.357. The van der Waals surface area contributed by atoms with Gasteiger partial charge in [0.15, 0.2) is 0 Å². The van der Waals surface area contributed by atoms with Crippen LogP contribution in [0.1, 0.15) is 19.5 Å². The molecule has 0 spiro atoms. The van der Waals surface area contributed by atoms with Gasteiger partial charge in [-0.25, -0.2) is 4.98 Å². The molecule has 4 nitrogen and oxygen atoms in total. The SMILES string of the molecule is CCOc1cccc(NCc2cncn2CC)c1. The van der Waals surface area contributed by atoms with Crippen LogP contribution >= 0.6 is 0 Å². The Hall–Kier alpha value is -1.97. The quantitative estimate of drug-likeness (QED) is 0.850. The maximum absolute atomic E-state index is 5.47. The number of ether oxygens (including phenoxy) is 1. The predicted octanol–water partition coefficient (Wildman–Crippen LogP) is 2.91. The van der Waals surface area contributed by atoms with E-state index in [9.17, 15) is 0 Å². The molecule has 0 atom stereocenters. The first-order valence-electron chi connectivity index (χ1n) is 6.29. The van der Waals surface area contributed by atoms with Crippen molar-refractivity contribution in [1.29, 1.82) is 0 Å². The summed E-state index contributed by atoms with van der Waals surface area (Å²) in [5, 5.41) is 3.38. The average molecular weight is 245 g/mol. The number of benzene rings is 1. The van der Waals surface area contributed by atoms with Crippen LogP contribution in [0.4, 0.5) is 5.69 Å². The molecular formula is C14H19N3O. The molecule has 1 N–H and O–H groups in total. The highest BCUT2D eigenvalue weighted by Gasteiger charge is 2.01. The van der Waals surface area contributed by atoms with Gasteiger partial charge >= 0.3 is 0 Å². The van der Waals surface area contributed by atoms with Crippen molar-refractivity contribution in [1.82, 2.24) is 9.55 Å². The van der Waals surface area contributed by atoms with Crippen molar-refractivity contribution in [2.24, 2.45) is 0 Å². The molecule has 4 heteroatoms. The second kappa shape index (κ2) is 6.10. The summed E-state index contributed by atoms with van der Waals surface area (Å²) < 4.78 is 7.60. The van der Waals surface area contributed by atoms with Crippen LogP contribution in [0.3, 0.4) is 0 Å². The Balaban J connectivity index is 1.99. The van der Waals surface area contributed by atoms with Crippen molar-refractivity contribution in [2.75, 3.05) is 11.9 Å². The first-order valence-corrected chi connectivity index (χ1v) is 6.29. The van der Waals surface area contributed by atoms with E-state index in [1.807, 2.05) is 43.7 Å². The lowest BCUT2D eigenvalue weighted by atomic mass is 10.3. The minimum absolute atomic E-state index is 0.687. The molecule has 0 radical (unpaired) electrons. The normalized spacial score (nSPS) is 10.3. The predicted molar refractivity (Wildman–Crippen MR) is 72.8 cm³/mol. The molecule has 0 amide bonds. The second-order valence-electron chi connectivity index (χ2n) is 3.99. The van der Waals surface area contributed by atoms with Gasteiger partial charge in [0.05, 0.1) is 25.2 Å². The summed E-state index contributed by atoms with van der Waals surface area (Å²) in [6.07, 6.45) is 3.75. The van der Waals surface area contributed by atoms with Crippen molar-refractivity contribution < 1.29 is 4.74 Å². The number of nitrogens with one attached hydrogen (secondary N) is 1. The van der Waals surface area contributed by atoms with E-state index in [0.29, 0.717) is 6.61 Å². The summed E-state index contributed by atoms with van der Waals surface area (Å²) in [7, 11) is 0. The van der Waals surface area contributed by atoms with E-state index >= 15 is 0 Å². The van der Waals surface area contributed by atoms with E-state index < -0.39 is 0 Å². The Labute approximate surface area is 108 Å². The Bertz CT molecular complexity index is 493. The van der Waals surface area contributed by atoms with E-state index in [-0.39, 0.29) is 0 Å². The molecule has 1 aromatic heterocycles. The largest absolute Gasteiger partial charge is 0.494 e. The lowest BCUT2D eigenvalue weighted by molar-refractivity contribution is 0.340. The zero-order chi connectivity index (χ0) is 12.8. The topological polar surface area (TPSA) is 39.1 Å². The maximum atomic E-state index is 5.47. The molecule has 0 unspecified atom stereocenters. The third-order valence-corrected chi connectivity index (χ3v) is 2.76. The average Bonchev–Trinajstić information content (AvgIpc) is 2.84. The summed E-state index contributed by atoms with van der Waals surface area (Å²) in [6, 6.07) is 8.00. The zero-order valence-corrected chi connectivity index (χ0v) is 10.9. The van der Waals surface area contributed by atoms with Gasteiger partial charge in [-0.1, -0.05) is 6.07 Å². The molecule has 2 rings (SSSR count). The highest BCUT2D eigenvalue weighted by Crippen LogP contribution is 2.17. The molecule has 0 bridgehead atoms. The van der Waals surface area contributed by atoms with Gasteiger partial charge < -0.3 is 14.6 Å². The summed E-state index contributed by atoms with van der Waals surface area (Å²) in [6.45, 7) is 6.49. The standard InChI is InChI=1S/C14H19N3O/c1-3-17-11-15-9-13(17)10-16-12-6-5-7-14(8-12)18-4-2/h5-9,11,16H,3-4,10H2,1-2H3. The van der Waals surface area contributed by atoms with Gasteiger partial charge in [-0.3, -0.25) is 0 Å². The molecule has 0 saturated carbocycles. The zero-order valence-electron chi connectivity index (χ0n) is 10.9. The third kappa shape index (κ3) is 3.03. The molecule has 0 saturated heterocycles. The molecule has 1 heterocycles. The Morgan fingerprint density at radius 2 is 2.22 bits per heavy atom. The van der Waals surface area contributed by atoms with Gasteiger partial charge in [0.1, 0.15) is 5.75 Å². The van der Waals surface area contributed by atoms with Gasteiger partial charge in [0, 0.05) is 24.5 Å². The molecule has 2 aromatic rings. The van der Waals surface area contributed by atoms with Crippen LogP contribution in [0.15, 0.2) is 36.8 Å². The van der Waals surface area contributed by atoms with Crippen LogP contribution in [0.5, 0.6) is 5.75 Å². The van der Waals surface area contributed by atoms with Crippen molar-refractivity contribution in [3.8, 4) is 5.75 Å². The third-order valence-electron chi connectivity index (χ3n) is 2.76. The minimum atomic E-state index is 0.687. The van der Waals surface area contributed by atoms with E-state index in [4.69, 9.17) is 4.74 Å². The number of aryl methyl sites for hydroxylation is 1. The maximum Gasteiger partial charge on any atom is 0.121 e. The van der Waals surface area contributed by atoms with Crippen molar-refractivity contribution >= 4 is 5.69 Å². The number of hydrogen-bond donors (Lipinski definition) is 1. The fourth-order valence-electron chi connectivity index (χ4n) is 1.84. The van der Waals surface area contributed by atoms with Gasteiger partial charge in [0.2, 0.25) is 0 Å². The molecule has 1 aromatic carbocycles. The number of anilines is 1. The van der Waals surface area contributed by atoms with Gasteiger partial charge in [-0.05, 0) is 26.0 Å². The summed E-state index contributed by atoms with van der Waals surface area (Å²) >= 11 is 0. The van der Waals surface area contributed by atoms with Crippen molar-refractivity contribution in [3.05, 3.63) is 42.5 Å². The number of nitrogens with zero attached hydrogens (tertiary/aromatic N) is 2. The van der Waals surface area contributed by atoms with Crippen LogP contribution in [0, 0.1) is 0 Å². The minimum Gasteiger partial charge on any atom is -0.494 e. The van der Waals surface area contributed by atoms with Crippen LogP contribution in [-0.2, 0) is 13.1 Å². The number of aromatic nitrogens is 2. The number of rotatable bonds is 6. The van der Waals surface area contributed by atoms with Gasteiger partial charge in [-0.15, -0.1) is 0 Å². The molecule has 18 heavy (non-hydrogen) atoms. The Morgan fingerprint density at radius 3 is 3.00 bits per heavy atom. The molecule has 0 aliphatic heterocycles. The summed E-state index contributed by atoms with van der Waals surface area (Å²) in [5.41, 5.74) is 2.24. The highest BCUT2D eigenvalue weighted by atomic mass is 16.5. The van der Waals surface area contributed by atoms with E-state index in [2.05, 4.69) is 21.8 Å². The molecule has 0 aliphatic carbocycles. The van der Waals surface area contributed by atoms with Crippen LogP contribution in [-0.4, -0.2) is 16.2 Å². The second-order valence-corrected chi connectivity index (χ2v) is 3.99. The van der Waals surface area contributed by atoms with E-state index in [1.165, 1.54) is 5.69 Å². The molecule has 0 fully saturated rings. The number of imidazole rings is 1. The van der Waals surface area contributed by atoms with Crippen molar-refractivity contribution in [3.63, 3.8) is 0 Å². The van der Waals surface area contributed by atoms with Crippen LogP contribution in [0.2, 0.25) is 0 Å². The highest BCUT2D eigenvalue weighted by molar-refractivity contribution is 5.48.